The van der Waals surface area contributed by atoms with E-state index in [0.29, 0.717) is 18.9 Å². The molecule has 1 aliphatic heterocycles. The summed E-state index contributed by atoms with van der Waals surface area (Å²) in [5, 5.41) is 0. The van der Waals surface area contributed by atoms with Crippen LogP contribution in [-0.4, -0.2) is 62.7 Å². The van der Waals surface area contributed by atoms with E-state index in [1.54, 1.807) is 7.11 Å². The highest BCUT2D eigenvalue weighted by molar-refractivity contribution is 5.76. The zero-order valence-electron chi connectivity index (χ0n) is 13.1. The lowest BCUT2D eigenvalue weighted by Gasteiger charge is -2.23. The first-order chi connectivity index (χ1) is 10.2. The van der Waals surface area contributed by atoms with E-state index in [4.69, 9.17) is 4.74 Å². The molecular formula is C17H26N2O2. The first-order valence-corrected chi connectivity index (χ1v) is 7.68. The van der Waals surface area contributed by atoms with Gasteiger partial charge in [-0.3, -0.25) is 4.79 Å². The lowest BCUT2D eigenvalue weighted by atomic mass is 10.1. The molecule has 0 aliphatic carbocycles. The molecule has 21 heavy (non-hydrogen) atoms. The van der Waals surface area contributed by atoms with Gasteiger partial charge in [0.05, 0.1) is 6.61 Å². The predicted octanol–water partition coefficient (Wildman–Crippen LogP) is 1.66. The molecule has 1 atom stereocenters. The molecule has 1 aliphatic rings. The van der Waals surface area contributed by atoms with Gasteiger partial charge in [-0.1, -0.05) is 30.3 Å². The van der Waals surface area contributed by atoms with Crippen molar-refractivity contribution in [2.75, 3.05) is 46.9 Å². The largest absolute Gasteiger partial charge is 0.384 e. The Morgan fingerprint density at radius 1 is 1.24 bits per heavy atom. The monoisotopic (exact) mass is 290 g/mol. The van der Waals surface area contributed by atoms with Crippen LogP contribution in [-0.2, 0) is 16.0 Å². The Balaban J connectivity index is 1.88. The Bertz CT molecular complexity index is 436. The van der Waals surface area contributed by atoms with E-state index < -0.39 is 0 Å². The van der Waals surface area contributed by atoms with Gasteiger partial charge in [-0.15, -0.1) is 0 Å². The first-order valence-electron chi connectivity index (χ1n) is 7.68. The lowest BCUT2D eigenvalue weighted by molar-refractivity contribution is -0.131. The van der Waals surface area contributed by atoms with E-state index in [9.17, 15) is 4.79 Å². The maximum Gasteiger partial charge on any atom is 0.222 e. The molecule has 0 N–H and O–H groups in total. The number of benzene rings is 1. The van der Waals surface area contributed by atoms with Crippen LogP contribution in [0.4, 0.5) is 0 Å². The third-order valence-electron chi connectivity index (χ3n) is 4.03. The van der Waals surface area contributed by atoms with E-state index in [1.165, 1.54) is 5.56 Å². The van der Waals surface area contributed by atoms with Crippen molar-refractivity contribution in [3.8, 4) is 0 Å². The molecule has 0 saturated carbocycles. The number of likely N-dealkylation sites (N-methyl/N-ethyl adjacent to an activating group) is 1. The smallest absolute Gasteiger partial charge is 0.222 e. The molecule has 4 heteroatoms. The topological polar surface area (TPSA) is 32.8 Å². The van der Waals surface area contributed by atoms with E-state index in [0.717, 1.165) is 32.6 Å². The minimum absolute atomic E-state index is 0.259. The van der Waals surface area contributed by atoms with E-state index in [1.807, 2.05) is 23.1 Å². The maximum absolute atomic E-state index is 12.4. The summed E-state index contributed by atoms with van der Waals surface area (Å²) in [5.41, 5.74) is 1.23. The highest BCUT2D eigenvalue weighted by atomic mass is 16.5. The first kappa shape index (κ1) is 16.0. The summed E-state index contributed by atoms with van der Waals surface area (Å²) in [6.07, 6.45) is 1.41. The molecule has 116 valence electrons. The van der Waals surface area contributed by atoms with Crippen molar-refractivity contribution in [1.82, 2.24) is 9.80 Å². The molecule has 2 rings (SSSR count). The molecule has 1 amide bonds. The summed E-state index contributed by atoms with van der Waals surface area (Å²) < 4.78 is 5.28. The van der Waals surface area contributed by atoms with Gasteiger partial charge in [0.25, 0.3) is 0 Å². The lowest BCUT2D eigenvalue weighted by Crippen LogP contribution is -2.37. The second-order valence-electron chi connectivity index (χ2n) is 5.91. The number of amides is 1. The summed E-state index contributed by atoms with van der Waals surface area (Å²) in [6.45, 7) is 4.29. The van der Waals surface area contributed by atoms with Gasteiger partial charge in [0.1, 0.15) is 0 Å². The van der Waals surface area contributed by atoms with Crippen LogP contribution in [0.5, 0.6) is 0 Å². The van der Waals surface area contributed by atoms with Gasteiger partial charge in [0.2, 0.25) is 5.91 Å². The van der Waals surface area contributed by atoms with Gasteiger partial charge in [0, 0.05) is 45.6 Å². The molecule has 0 aromatic heterocycles. The van der Waals surface area contributed by atoms with E-state index in [2.05, 4.69) is 24.1 Å². The standard InChI is InChI=1S/C17H26N2O2/c1-18-10-11-19(13-16(12-18)14-21-2)17(20)9-8-15-6-4-3-5-7-15/h3-7,16H,8-14H2,1-2H3/t16-/m0/s1. The SMILES string of the molecule is COC[C@H]1CN(C)CCN(C(=O)CCc2ccccc2)C1. The fourth-order valence-electron chi connectivity index (χ4n) is 2.91. The fourth-order valence-corrected chi connectivity index (χ4v) is 2.91. The summed E-state index contributed by atoms with van der Waals surface area (Å²) in [7, 11) is 3.84. The molecule has 1 aromatic rings. The van der Waals surface area contributed by atoms with Crippen molar-refractivity contribution in [3.63, 3.8) is 0 Å². The minimum atomic E-state index is 0.259. The van der Waals surface area contributed by atoms with E-state index in [-0.39, 0.29) is 5.91 Å². The van der Waals surface area contributed by atoms with Crippen LogP contribution >= 0.6 is 0 Å². The number of nitrogens with zero attached hydrogens (tertiary/aromatic N) is 2. The molecular weight excluding hydrogens is 264 g/mol. The Hall–Kier alpha value is -1.39. The molecule has 0 bridgehead atoms. The molecule has 1 fully saturated rings. The van der Waals surface area contributed by atoms with Crippen molar-refractivity contribution in [2.24, 2.45) is 5.92 Å². The van der Waals surface area contributed by atoms with Crippen molar-refractivity contribution in [1.29, 1.82) is 0 Å². The van der Waals surface area contributed by atoms with Crippen LogP contribution in [0.2, 0.25) is 0 Å². The van der Waals surface area contributed by atoms with Crippen LogP contribution in [0.25, 0.3) is 0 Å². The zero-order valence-corrected chi connectivity index (χ0v) is 13.1. The average molecular weight is 290 g/mol. The maximum atomic E-state index is 12.4. The van der Waals surface area contributed by atoms with Gasteiger partial charge < -0.3 is 14.5 Å². The summed E-state index contributed by atoms with van der Waals surface area (Å²) in [4.78, 5) is 16.7. The number of aryl methyl sites for hydroxylation is 1. The normalized spacial score (nSPS) is 20.3. The second kappa shape index (κ2) is 8.15. The average Bonchev–Trinajstić information content (AvgIpc) is 2.68. The Kier molecular flexibility index (Phi) is 6.21. The molecule has 4 nitrogen and oxygen atoms in total. The zero-order chi connectivity index (χ0) is 15.1. The van der Waals surface area contributed by atoms with Crippen LogP contribution in [0.3, 0.4) is 0 Å². The number of rotatable bonds is 5. The van der Waals surface area contributed by atoms with Crippen LogP contribution in [0.15, 0.2) is 30.3 Å². The quantitative estimate of drug-likeness (QED) is 0.827. The van der Waals surface area contributed by atoms with E-state index >= 15 is 0 Å². The number of methoxy groups -OCH3 is 1. The highest BCUT2D eigenvalue weighted by Crippen LogP contribution is 2.12. The Labute approximate surface area is 127 Å². The number of carbonyl (C=O) groups is 1. The van der Waals surface area contributed by atoms with Crippen molar-refractivity contribution < 1.29 is 9.53 Å². The molecule has 0 radical (unpaired) electrons. The number of hydrogen-bond acceptors (Lipinski definition) is 3. The molecule has 1 heterocycles. The summed E-state index contributed by atoms with van der Waals surface area (Å²) in [6, 6.07) is 10.2. The number of hydrogen-bond donors (Lipinski definition) is 0. The van der Waals surface area contributed by atoms with Gasteiger partial charge in [-0.25, -0.2) is 0 Å². The van der Waals surface area contributed by atoms with Crippen LogP contribution in [0, 0.1) is 5.92 Å². The predicted molar refractivity (Wildman–Crippen MR) is 84.2 cm³/mol. The summed E-state index contributed by atoms with van der Waals surface area (Å²) >= 11 is 0. The number of ether oxygens (including phenoxy) is 1. The Morgan fingerprint density at radius 3 is 2.71 bits per heavy atom. The highest BCUT2D eigenvalue weighted by Gasteiger charge is 2.23. The number of carbonyl (C=O) groups excluding carboxylic acids is 1. The van der Waals surface area contributed by atoms with Crippen molar-refractivity contribution in [2.45, 2.75) is 12.8 Å². The van der Waals surface area contributed by atoms with Gasteiger partial charge in [-0.2, -0.15) is 0 Å². The summed E-state index contributed by atoms with van der Waals surface area (Å²) in [5.74, 6) is 0.665. The molecule has 1 saturated heterocycles. The fraction of sp³-hybridized carbons (Fsp3) is 0.588. The third-order valence-corrected chi connectivity index (χ3v) is 4.03. The van der Waals surface area contributed by atoms with Gasteiger partial charge in [0.15, 0.2) is 0 Å². The van der Waals surface area contributed by atoms with Crippen molar-refractivity contribution >= 4 is 5.91 Å². The Morgan fingerprint density at radius 2 is 2.00 bits per heavy atom. The molecule has 0 spiro atoms. The van der Waals surface area contributed by atoms with Crippen molar-refractivity contribution in [3.05, 3.63) is 35.9 Å². The molecule has 1 aromatic carbocycles. The minimum Gasteiger partial charge on any atom is -0.384 e. The second-order valence-corrected chi connectivity index (χ2v) is 5.91. The van der Waals surface area contributed by atoms with Gasteiger partial charge >= 0.3 is 0 Å². The van der Waals surface area contributed by atoms with Gasteiger partial charge in [-0.05, 0) is 19.0 Å². The molecule has 0 unspecified atom stereocenters. The van der Waals surface area contributed by atoms with Crippen LogP contribution in [0.1, 0.15) is 12.0 Å². The third kappa shape index (κ3) is 5.14. The van der Waals surface area contributed by atoms with Crippen LogP contribution < -0.4 is 0 Å².